The Morgan fingerprint density at radius 1 is 1.56 bits per heavy atom. The van der Waals surface area contributed by atoms with Crippen molar-refractivity contribution in [1.82, 2.24) is 4.98 Å². The van der Waals surface area contributed by atoms with E-state index in [0.717, 1.165) is 31.4 Å². The molecule has 2 rings (SSSR count). The Bertz CT molecular complexity index is 487. The minimum Gasteiger partial charge on any atom is -0.481 e. The van der Waals surface area contributed by atoms with Crippen LogP contribution in [0.4, 0.5) is 5.69 Å². The zero-order valence-corrected chi connectivity index (χ0v) is 10.0. The van der Waals surface area contributed by atoms with Crippen LogP contribution in [0, 0.1) is 11.3 Å². The van der Waals surface area contributed by atoms with Gasteiger partial charge in [0.1, 0.15) is 11.8 Å². The number of nitrogens with zero attached hydrogens (tertiary/aromatic N) is 2. The molecule has 2 N–H and O–H groups in total. The van der Waals surface area contributed by atoms with Gasteiger partial charge in [0.05, 0.1) is 6.42 Å². The third-order valence-electron chi connectivity index (χ3n) is 3.33. The van der Waals surface area contributed by atoms with Crippen LogP contribution in [0.25, 0.3) is 0 Å². The smallest absolute Gasteiger partial charge is 0.305 e. The van der Waals surface area contributed by atoms with E-state index in [0.29, 0.717) is 5.69 Å². The van der Waals surface area contributed by atoms with Crippen LogP contribution < -0.4 is 5.32 Å². The highest BCUT2D eigenvalue weighted by Gasteiger charge is 2.35. The number of rotatable bonds is 4. The van der Waals surface area contributed by atoms with Gasteiger partial charge in [-0.15, -0.1) is 0 Å². The molecule has 1 aromatic rings. The van der Waals surface area contributed by atoms with Crippen molar-refractivity contribution in [2.24, 2.45) is 0 Å². The summed E-state index contributed by atoms with van der Waals surface area (Å²) in [7, 11) is 0. The molecule has 1 heterocycles. The van der Waals surface area contributed by atoms with E-state index in [-0.39, 0.29) is 12.0 Å². The van der Waals surface area contributed by atoms with E-state index in [1.54, 1.807) is 18.3 Å². The third-order valence-corrected chi connectivity index (χ3v) is 3.33. The number of hydrogen-bond acceptors (Lipinski definition) is 4. The zero-order valence-electron chi connectivity index (χ0n) is 10.0. The highest BCUT2D eigenvalue weighted by Crippen LogP contribution is 2.35. The zero-order chi connectivity index (χ0) is 13.0. The Balaban J connectivity index is 2.18. The normalized spacial score (nSPS) is 17.1. The topological polar surface area (TPSA) is 86.0 Å². The molecule has 0 spiro atoms. The van der Waals surface area contributed by atoms with Crippen LogP contribution >= 0.6 is 0 Å². The first-order chi connectivity index (χ1) is 8.63. The van der Waals surface area contributed by atoms with Crippen molar-refractivity contribution in [3.8, 4) is 6.07 Å². The second-order valence-corrected chi connectivity index (χ2v) is 4.72. The van der Waals surface area contributed by atoms with Crippen molar-refractivity contribution < 1.29 is 9.90 Å². The number of anilines is 1. The molecule has 0 atom stereocenters. The van der Waals surface area contributed by atoms with Gasteiger partial charge in [-0.2, -0.15) is 5.26 Å². The summed E-state index contributed by atoms with van der Waals surface area (Å²) in [6.07, 6.45) is 5.45. The van der Waals surface area contributed by atoms with Crippen LogP contribution in [0.3, 0.4) is 0 Å². The fourth-order valence-corrected chi connectivity index (χ4v) is 2.56. The second kappa shape index (κ2) is 5.05. The summed E-state index contributed by atoms with van der Waals surface area (Å²) in [5.74, 6) is -0.793. The van der Waals surface area contributed by atoms with Gasteiger partial charge < -0.3 is 10.4 Å². The van der Waals surface area contributed by atoms with Gasteiger partial charge in [-0.3, -0.25) is 4.79 Å². The number of carboxylic acid groups (broad SMARTS) is 1. The molecule has 1 saturated carbocycles. The number of aliphatic carboxylic acids is 1. The lowest BCUT2D eigenvalue weighted by Gasteiger charge is -2.29. The summed E-state index contributed by atoms with van der Waals surface area (Å²) in [4.78, 5) is 14.9. The number of aromatic nitrogens is 1. The minimum atomic E-state index is -0.793. The molecule has 0 radical (unpaired) electrons. The molecule has 0 aromatic carbocycles. The first kappa shape index (κ1) is 12.4. The molecule has 0 amide bonds. The van der Waals surface area contributed by atoms with Gasteiger partial charge in [-0.25, -0.2) is 4.98 Å². The van der Waals surface area contributed by atoms with E-state index >= 15 is 0 Å². The number of nitriles is 1. The number of nitrogens with one attached hydrogen (secondary N) is 1. The number of carbonyl (C=O) groups is 1. The maximum atomic E-state index is 11.0. The quantitative estimate of drug-likeness (QED) is 0.848. The lowest BCUT2D eigenvalue weighted by atomic mass is 9.93. The van der Waals surface area contributed by atoms with Crippen molar-refractivity contribution in [2.45, 2.75) is 37.6 Å². The van der Waals surface area contributed by atoms with Crippen molar-refractivity contribution in [1.29, 1.82) is 5.26 Å². The Kier molecular flexibility index (Phi) is 3.47. The third kappa shape index (κ3) is 2.77. The predicted molar refractivity (Wildman–Crippen MR) is 66.0 cm³/mol. The van der Waals surface area contributed by atoms with Crippen molar-refractivity contribution in [2.75, 3.05) is 5.32 Å². The molecule has 94 valence electrons. The maximum absolute atomic E-state index is 11.0. The standard InChI is InChI=1S/C13H15N3O2/c14-9-11-7-10(3-6-15-11)16-13(8-12(17)18)4-1-2-5-13/h3,6-7H,1-2,4-5,8H2,(H,15,16)(H,17,18). The molecule has 1 aromatic heterocycles. The first-order valence-electron chi connectivity index (χ1n) is 6.00. The Hall–Kier alpha value is -2.09. The molecule has 0 unspecified atom stereocenters. The summed E-state index contributed by atoms with van der Waals surface area (Å²) >= 11 is 0. The average Bonchev–Trinajstić information content (AvgIpc) is 2.76. The van der Waals surface area contributed by atoms with Gasteiger partial charge in [0.15, 0.2) is 0 Å². The van der Waals surface area contributed by atoms with Crippen LogP contribution in [-0.4, -0.2) is 21.6 Å². The highest BCUT2D eigenvalue weighted by atomic mass is 16.4. The van der Waals surface area contributed by atoms with Gasteiger partial charge in [-0.1, -0.05) is 12.8 Å². The van der Waals surface area contributed by atoms with Crippen molar-refractivity contribution in [3.63, 3.8) is 0 Å². The van der Waals surface area contributed by atoms with Gasteiger partial charge >= 0.3 is 5.97 Å². The lowest BCUT2D eigenvalue weighted by Crippen LogP contribution is -2.37. The van der Waals surface area contributed by atoms with Gasteiger partial charge in [0, 0.05) is 17.4 Å². The molecule has 0 aliphatic heterocycles. The van der Waals surface area contributed by atoms with Gasteiger partial charge in [0.2, 0.25) is 0 Å². The number of carboxylic acids is 1. The molecule has 0 bridgehead atoms. The van der Waals surface area contributed by atoms with E-state index in [2.05, 4.69) is 10.3 Å². The SMILES string of the molecule is N#Cc1cc(NC2(CC(=O)O)CCCC2)ccn1. The molecule has 1 fully saturated rings. The van der Waals surface area contributed by atoms with Crippen molar-refractivity contribution in [3.05, 3.63) is 24.0 Å². The summed E-state index contributed by atoms with van der Waals surface area (Å²) in [5, 5.41) is 21.1. The molecular formula is C13H15N3O2. The predicted octanol–water partition coefficient (Wildman–Crippen LogP) is 2.15. The molecule has 1 aliphatic carbocycles. The van der Waals surface area contributed by atoms with E-state index in [9.17, 15) is 4.79 Å². The van der Waals surface area contributed by atoms with E-state index in [4.69, 9.17) is 10.4 Å². The summed E-state index contributed by atoms with van der Waals surface area (Å²) in [6, 6.07) is 5.40. The van der Waals surface area contributed by atoms with Crippen LogP contribution in [0.1, 0.15) is 37.8 Å². The molecular weight excluding hydrogens is 230 g/mol. The molecule has 0 saturated heterocycles. The Labute approximate surface area is 105 Å². The Morgan fingerprint density at radius 3 is 2.89 bits per heavy atom. The second-order valence-electron chi connectivity index (χ2n) is 4.72. The van der Waals surface area contributed by atoms with Crippen LogP contribution in [-0.2, 0) is 4.79 Å². The highest BCUT2D eigenvalue weighted by molar-refractivity contribution is 5.69. The average molecular weight is 245 g/mol. The molecule has 1 aliphatic rings. The largest absolute Gasteiger partial charge is 0.481 e. The fourth-order valence-electron chi connectivity index (χ4n) is 2.56. The van der Waals surface area contributed by atoms with Crippen molar-refractivity contribution >= 4 is 11.7 Å². The van der Waals surface area contributed by atoms with Gasteiger partial charge in [0.25, 0.3) is 0 Å². The summed E-state index contributed by atoms with van der Waals surface area (Å²) in [5.41, 5.74) is 0.730. The minimum absolute atomic E-state index is 0.108. The van der Waals surface area contributed by atoms with Crippen LogP contribution in [0.2, 0.25) is 0 Å². The number of hydrogen-bond donors (Lipinski definition) is 2. The maximum Gasteiger partial charge on any atom is 0.305 e. The lowest BCUT2D eigenvalue weighted by molar-refractivity contribution is -0.138. The monoisotopic (exact) mass is 245 g/mol. The summed E-state index contributed by atoms with van der Waals surface area (Å²) < 4.78 is 0. The first-order valence-corrected chi connectivity index (χ1v) is 6.00. The molecule has 5 heteroatoms. The molecule has 5 nitrogen and oxygen atoms in total. The van der Waals surface area contributed by atoms with Crippen LogP contribution in [0.15, 0.2) is 18.3 Å². The fraction of sp³-hybridized carbons (Fsp3) is 0.462. The number of pyridine rings is 1. The van der Waals surface area contributed by atoms with Gasteiger partial charge in [-0.05, 0) is 25.0 Å². The van der Waals surface area contributed by atoms with E-state index in [1.165, 1.54) is 0 Å². The Morgan fingerprint density at radius 2 is 2.28 bits per heavy atom. The molecule has 18 heavy (non-hydrogen) atoms. The summed E-state index contributed by atoms with van der Waals surface area (Å²) in [6.45, 7) is 0. The van der Waals surface area contributed by atoms with E-state index < -0.39 is 5.97 Å². The van der Waals surface area contributed by atoms with E-state index in [1.807, 2.05) is 6.07 Å². The van der Waals surface area contributed by atoms with Crippen LogP contribution in [0.5, 0.6) is 0 Å².